The lowest BCUT2D eigenvalue weighted by molar-refractivity contribution is -0.384. The zero-order valence-electron chi connectivity index (χ0n) is 9.68. The number of anilines is 1. The lowest BCUT2D eigenvalue weighted by Crippen LogP contribution is -1.97. The maximum Gasteiger partial charge on any atom is 0.269 e. The van der Waals surface area contributed by atoms with Gasteiger partial charge in [-0.25, -0.2) is 0 Å². The highest BCUT2D eigenvalue weighted by Gasteiger charge is 2.10. The highest BCUT2D eigenvalue weighted by molar-refractivity contribution is 6.09. The molecular formula is C11H12BN3O2. The number of hydrogen-bond acceptors (Lipinski definition) is 3. The summed E-state index contributed by atoms with van der Waals surface area (Å²) in [6, 6.07) is 6.47. The first-order chi connectivity index (χ1) is 8.00. The van der Waals surface area contributed by atoms with Crippen molar-refractivity contribution in [2.45, 2.75) is 6.92 Å². The van der Waals surface area contributed by atoms with Crippen molar-refractivity contribution in [3.63, 3.8) is 0 Å². The lowest BCUT2D eigenvalue weighted by Gasteiger charge is -2.00. The molecule has 0 fully saturated rings. The van der Waals surface area contributed by atoms with E-state index in [1.165, 1.54) is 12.1 Å². The SMILES string of the molecule is Bn1cc(-c2ccc([N+](=O)[O-])cc2)c(C)c1N. The Hall–Kier alpha value is -2.24. The Balaban J connectivity index is 2.47. The molecule has 0 aliphatic heterocycles. The third kappa shape index (κ3) is 1.89. The molecule has 0 amide bonds. The van der Waals surface area contributed by atoms with Crippen molar-refractivity contribution in [3.05, 3.63) is 46.1 Å². The van der Waals surface area contributed by atoms with Gasteiger partial charge in [0.15, 0.2) is 0 Å². The van der Waals surface area contributed by atoms with E-state index in [1.807, 2.05) is 25.6 Å². The molecule has 6 heteroatoms. The van der Waals surface area contributed by atoms with Crippen molar-refractivity contribution in [2.75, 3.05) is 5.73 Å². The molecule has 1 aromatic heterocycles. The zero-order valence-corrected chi connectivity index (χ0v) is 9.68. The minimum Gasteiger partial charge on any atom is -0.386 e. The molecule has 0 aliphatic rings. The predicted molar refractivity (Wildman–Crippen MR) is 69.6 cm³/mol. The summed E-state index contributed by atoms with van der Waals surface area (Å²) in [7, 11) is 1.87. The summed E-state index contributed by atoms with van der Waals surface area (Å²) >= 11 is 0. The number of rotatable bonds is 2. The molecule has 1 heterocycles. The van der Waals surface area contributed by atoms with Crippen LogP contribution >= 0.6 is 0 Å². The minimum absolute atomic E-state index is 0.0929. The maximum absolute atomic E-state index is 10.6. The first kappa shape index (κ1) is 11.3. The van der Waals surface area contributed by atoms with Gasteiger partial charge in [-0.1, -0.05) is 0 Å². The molecule has 0 unspecified atom stereocenters. The number of nitrogens with two attached hydrogens (primary N) is 1. The van der Waals surface area contributed by atoms with E-state index in [4.69, 9.17) is 5.73 Å². The van der Waals surface area contributed by atoms with E-state index in [0.717, 1.165) is 16.7 Å². The van der Waals surface area contributed by atoms with E-state index >= 15 is 0 Å². The van der Waals surface area contributed by atoms with Gasteiger partial charge in [-0.05, 0) is 30.2 Å². The Kier molecular flexibility index (Phi) is 2.63. The number of non-ortho nitro benzene ring substituents is 1. The molecule has 0 saturated carbocycles. The molecule has 17 heavy (non-hydrogen) atoms. The number of nitrogens with zero attached hydrogens (tertiary/aromatic N) is 2. The highest BCUT2D eigenvalue weighted by atomic mass is 16.6. The van der Waals surface area contributed by atoms with Gasteiger partial charge in [-0.2, -0.15) is 0 Å². The molecule has 0 radical (unpaired) electrons. The van der Waals surface area contributed by atoms with Crippen LogP contribution in [-0.2, 0) is 0 Å². The van der Waals surface area contributed by atoms with Crippen molar-refractivity contribution in [2.24, 2.45) is 0 Å². The molecule has 5 nitrogen and oxygen atoms in total. The second kappa shape index (κ2) is 3.97. The Morgan fingerprint density at radius 3 is 2.35 bits per heavy atom. The summed E-state index contributed by atoms with van der Waals surface area (Å²) in [4.78, 5) is 10.1. The summed E-state index contributed by atoms with van der Waals surface area (Å²) < 4.78 is 1.84. The van der Waals surface area contributed by atoms with E-state index in [-0.39, 0.29) is 5.69 Å². The van der Waals surface area contributed by atoms with E-state index in [2.05, 4.69) is 0 Å². The standard InChI is InChI=1S/C11H12BN3O2/c1-7-10(6-14(12)11(7)13)8-2-4-9(5-3-8)15(16)17/h2-6H,12-13H2,1H3. The number of aromatic nitrogens is 1. The van der Waals surface area contributed by atoms with Gasteiger partial charge in [0.1, 0.15) is 0 Å². The summed E-state index contributed by atoms with van der Waals surface area (Å²) in [6.07, 6.45) is 1.92. The van der Waals surface area contributed by atoms with E-state index in [9.17, 15) is 10.1 Å². The first-order valence-electron chi connectivity index (χ1n) is 5.17. The number of nitro benzene ring substituents is 1. The van der Waals surface area contributed by atoms with Crippen LogP contribution in [0.3, 0.4) is 0 Å². The van der Waals surface area contributed by atoms with Crippen LogP contribution in [0.5, 0.6) is 0 Å². The van der Waals surface area contributed by atoms with Crippen LogP contribution in [-0.4, -0.2) is 17.4 Å². The fraction of sp³-hybridized carbons (Fsp3) is 0.0909. The fourth-order valence-corrected chi connectivity index (χ4v) is 1.82. The lowest BCUT2D eigenvalue weighted by atomic mass is 10.1. The molecule has 2 aromatic rings. The minimum atomic E-state index is -0.407. The van der Waals surface area contributed by atoms with Gasteiger partial charge in [-0.3, -0.25) is 10.1 Å². The molecule has 0 atom stereocenters. The monoisotopic (exact) mass is 229 g/mol. The normalized spacial score (nSPS) is 10.4. The summed E-state index contributed by atoms with van der Waals surface area (Å²) in [5.41, 5.74) is 8.88. The van der Waals surface area contributed by atoms with Crippen LogP contribution < -0.4 is 5.73 Å². The van der Waals surface area contributed by atoms with Gasteiger partial charge >= 0.3 is 0 Å². The second-order valence-electron chi connectivity index (χ2n) is 3.97. The zero-order chi connectivity index (χ0) is 12.6. The van der Waals surface area contributed by atoms with Gasteiger partial charge in [0.2, 0.25) is 7.98 Å². The summed E-state index contributed by atoms with van der Waals surface area (Å²) in [5.74, 6) is 0.707. The third-order valence-electron chi connectivity index (χ3n) is 2.88. The van der Waals surface area contributed by atoms with Crippen LogP contribution in [0.25, 0.3) is 11.1 Å². The Morgan fingerprint density at radius 1 is 1.35 bits per heavy atom. The maximum atomic E-state index is 10.6. The van der Waals surface area contributed by atoms with E-state index < -0.39 is 4.92 Å². The first-order valence-corrected chi connectivity index (χ1v) is 5.17. The van der Waals surface area contributed by atoms with Crippen molar-refractivity contribution < 1.29 is 4.92 Å². The van der Waals surface area contributed by atoms with Crippen LogP contribution in [0.15, 0.2) is 30.5 Å². The molecule has 0 aliphatic carbocycles. The number of nitrogen functional groups attached to an aromatic ring is 1. The van der Waals surface area contributed by atoms with Gasteiger partial charge in [0, 0.05) is 23.9 Å². The van der Waals surface area contributed by atoms with Crippen molar-refractivity contribution in [1.82, 2.24) is 4.48 Å². The topological polar surface area (TPSA) is 74.1 Å². The number of benzene rings is 1. The Morgan fingerprint density at radius 2 is 1.94 bits per heavy atom. The van der Waals surface area contributed by atoms with Crippen LogP contribution in [0.2, 0.25) is 0 Å². The van der Waals surface area contributed by atoms with Gasteiger partial charge < -0.3 is 10.2 Å². The molecule has 0 bridgehead atoms. The fourth-order valence-electron chi connectivity index (χ4n) is 1.82. The molecule has 1 aromatic carbocycles. The smallest absolute Gasteiger partial charge is 0.269 e. The molecule has 2 rings (SSSR count). The van der Waals surface area contributed by atoms with Crippen molar-refractivity contribution in [3.8, 4) is 11.1 Å². The number of nitro groups is 1. The Bertz CT molecular complexity index is 575. The predicted octanol–water partition coefficient (Wildman–Crippen LogP) is 1.35. The number of hydrogen-bond donors (Lipinski definition) is 1. The van der Waals surface area contributed by atoms with Crippen molar-refractivity contribution in [1.29, 1.82) is 0 Å². The molecule has 0 saturated heterocycles. The second-order valence-corrected chi connectivity index (χ2v) is 3.97. The largest absolute Gasteiger partial charge is 0.386 e. The van der Waals surface area contributed by atoms with Gasteiger partial charge in [-0.15, -0.1) is 0 Å². The molecule has 86 valence electrons. The Labute approximate surface area is 99.4 Å². The summed E-state index contributed by atoms with van der Waals surface area (Å²) in [5, 5.41) is 10.6. The van der Waals surface area contributed by atoms with E-state index in [1.54, 1.807) is 12.1 Å². The van der Waals surface area contributed by atoms with Crippen LogP contribution in [0, 0.1) is 17.0 Å². The highest BCUT2D eigenvalue weighted by Crippen LogP contribution is 2.29. The molecular weight excluding hydrogens is 217 g/mol. The molecule has 2 N–H and O–H groups in total. The average Bonchev–Trinajstić information content (AvgIpc) is 2.57. The van der Waals surface area contributed by atoms with Gasteiger partial charge in [0.05, 0.1) is 10.7 Å². The van der Waals surface area contributed by atoms with Gasteiger partial charge in [0.25, 0.3) is 5.69 Å². The van der Waals surface area contributed by atoms with Crippen molar-refractivity contribution >= 4 is 19.5 Å². The summed E-state index contributed by atoms with van der Waals surface area (Å²) in [6.45, 7) is 1.94. The third-order valence-corrected chi connectivity index (χ3v) is 2.88. The average molecular weight is 229 g/mol. The molecule has 0 spiro atoms. The van der Waals surface area contributed by atoms with E-state index in [0.29, 0.717) is 5.82 Å². The van der Waals surface area contributed by atoms with Crippen LogP contribution in [0.4, 0.5) is 11.5 Å². The van der Waals surface area contributed by atoms with Crippen LogP contribution in [0.1, 0.15) is 5.56 Å². The quantitative estimate of drug-likeness (QED) is 0.479.